The molecule has 0 atom stereocenters. The van der Waals surface area contributed by atoms with E-state index in [1.807, 2.05) is 25.1 Å². The van der Waals surface area contributed by atoms with Crippen LogP contribution in [-0.4, -0.2) is 16.8 Å². The van der Waals surface area contributed by atoms with Crippen molar-refractivity contribution in [2.24, 2.45) is 0 Å². The van der Waals surface area contributed by atoms with Crippen molar-refractivity contribution in [2.75, 3.05) is 10.6 Å². The molecule has 1 heterocycles. The third-order valence-corrected chi connectivity index (χ3v) is 4.52. The summed E-state index contributed by atoms with van der Waals surface area (Å²) in [7, 11) is 0. The summed E-state index contributed by atoms with van der Waals surface area (Å²) in [6, 6.07) is 14.3. The SMILES string of the molecule is Cc1cccc(C(C)C)c1NC(=O)c1ccnc(C(=O)Nc2ccc(F)cc2)c1. The number of carbonyl (C=O) groups is 2. The van der Waals surface area contributed by atoms with Gasteiger partial charge in [0.2, 0.25) is 0 Å². The molecule has 0 radical (unpaired) electrons. The number of carbonyl (C=O) groups excluding carboxylic acids is 2. The summed E-state index contributed by atoms with van der Waals surface area (Å²) in [5.41, 5.74) is 3.64. The van der Waals surface area contributed by atoms with E-state index < -0.39 is 11.7 Å². The third-order valence-electron chi connectivity index (χ3n) is 4.52. The van der Waals surface area contributed by atoms with Crippen molar-refractivity contribution in [3.63, 3.8) is 0 Å². The quantitative estimate of drug-likeness (QED) is 0.631. The van der Waals surface area contributed by atoms with E-state index in [2.05, 4.69) is 29.5 Å². The molecule has 2 N–H and O–H groups in total. The molecule has 0 aliphatic heterocycles. The van der Waals surface area contributed by atoms with Crippen molar-refractivity contribution in [3.8, 4) is 0 Å². The van der Waals surface area contributed by atoms with E-state index in [-0.39, 0.29) is 17.5 Å². The number of hydrogen-bond acceptors (Lipinski definition) is 3. The second-order valence-electron chi connectivity index (χ2n) is 7.04. The molecule has 2 amide bonds. The monoisotopic (exact) mass is 391 g/mol. The Bertz CT molecular complexity index is 1050. The molecule has 0 saturated carbocycles. The zero-order valence-corrected chi connectivity index (χ0v) is 16.5. The van der Waals surface area contributed by atoms with E-state index in [0.717, 1.165) is 16.8 Å². The number of amides is 2. The number of nitrogens with zero attached hydrogens (tertiary/aromatic N) is 1. The first kappa shape index (κ1) is 20.2. The summed E-state index contributed by atoms with van der Waals surface area (Å²) in [5.74, 6) is -0.944. The predicted octanol–water partition coefficient (Wildman–Crippen LogP) is 5.16. The largest absolute Gasteiger partial charge is 0.321 e. The van der Waals surface area contributed by atoms with E-state index in [4.69, 9.17) is 0 Å². The highest BCUT2D eigenvalue weighted by molar-refractivity contribution is 6.08. The van der Waals surface area contributed by atoms with E-state index in [1.165, 1.54) is 36.5 Å². The van der Waals surface area contributed by atoms with Gasteiger partial charge in [-0.1, -0.05) is 32.0 Å². The Morgan fingerprint density at radius 2 is 1.69 bits per heavy atom. The van der Waals surface area contributed by atoms with Gasteiger partial charge in [-0.25, -0.2) is 4.39 Å². The topological polar surface area (TPSA) is 71.1 Å². The molecule has 0 unspecified atom stereocenters. The lowest BCUT2D eigenvalue weighted by Crippen LogP contribution is -2.18. The zero-order chi connectivity index (χ0) is 21.0. The fourth-order valence-corrected chi connectivity index (χ4v) is 2.95. The molecule has 5 nitrogen and oxygen atoms in total. The Hall–Kier alpha value is -3.54. The van der Waals surface area contributed by atoms with Crippen molar-refractivity contribution in [3.05, 3.63) is 89.0 Å². The number of halogens is 1. The Balaban J connectivity index is 1.80. The number of pyridine rings is 1. The van der Waals surface area contributed by atoms with Gasteiger partial charge in [-0.3, -0.25) is 14.6 Å². The number of hydrogen-bond donors (Lipinski definition) is 2. The van der Waals surface area contributed by atoms with Gasteiger partial charge in [-0.15, -0.1) is 0 Å². The smallest absolute Gasteiger partial charge is 0.274 e. The van der Waals surface area contributed by atoms with Gasteiger partial charge in [0, 0.05) is 23.1 Å². The summed E-state index contributed by atoms with van der Waals surface area (Å²) >= 11 is 0. The lowest BCUT2D eigenvalue weighted by atomic mass is 9.98. The number of rotatable bonds is 5. The molecule has 148 valence electrons. The van der Waals surface area contributed by atoms with Crippen molar-refractivity contribution < 1.29 is 14.0 Å². The molecule has 0 aliphatic carbocycles. The molecular formula is C23H22FN3O2. The van der Waals surface area contributed by atoms with Crippen LogP contribution in [0.1, 0.15) is 51.7 Å². The third kappa shape index (κ3) is 4.85. The van der Waals surface area contributed by atoms with Gasteiger partial charge in [0.25, 0.3) is 11.8 Å². The fraction of sp³-hybridized carbons (Fsp3) is 0.174. The fourth-order valence-electron chi connectivity index (χ4n) is 2.95. The van der Waals surface area contributed by atoms with Crippen LogP contribution in [0.5, 0.6) is 0 Å². The standard InChI is InChI=1S/C23H22FN3O2/c1-14(2)19-6-4-5-15(3)21(19)27-22(28)16-11-12-25-20(13-16)23(29)26-18-9-7-17(24)8-10-18/h4-14H,1-3H3,(H,26,29)(H,27,28). The van der Waals surface area contributed by atoms with Gasteiger partial charge in [0.1, 0.15) is 11.5 Å². The van der Waals surface area contributed by atoms with Crippen molar-refractivity contribution in [1.82, 2.24) is 4.98 Å². The minimum absolute atomic E-state index is 0.0934. The van der Waals surface area contributed by atoms with Gasteiger partial charge in [-0.2, -0.15) is 0 Å². The molecule has 6 heteroatoms. The molecule has 0 spiro atoms. The lowest BCUT2D eigenvalue weighted by molar-refractivity contribution is 0.102. The number of anilines is 2. The maximum absolute atomic E-state index is 13.0. The average Bonchev–Trinajstić information content (AvgIpc) is 2.71. The van der Waals surface area contributed by atoms with Crippen LogP contribution >= 0.6 is 0 Å². The van der Waals surface area contributed by atoms with Crippen molar-refractivity contribution in [1.29, 1.82) is 0 Å². The molecule has 2 aromatic carbocycles. The molecule has 3 rings (SSSR count). The summed E-state index contributed by atoms with van der Waals surface area (Å²) in [4.78, 5) is 29.3. The van der Waals surface area contributed by atoms with E-state index >= 15 is 0 Å². The molecule has 0 saturated heterocycles. The summed E-state index contributed by atoms with van der Waals surface area (Å²) < 4.78 is 13.0. The number of nitrogens with one attached hydrogen (secondary N) is 2. The molecule has 0 fully saturated rings. The first-order valence-electron chi connectivity index (χ1n) is 9.29. The Morgan fingerprint density at radius 1 is 0.966 bits per heavy atom. The van der Waals surface area contributed by atoms with Gasteiger partial charge < -0.3 is 10.6 Å². The zero-order valence-electron chi connectivity index (χ0n) is 16.5. The van der Waals surface area contributed by atoms with Gasteiger partial charge in [0.15, 0.2) is 0 Å². The van der Waals surface area contributed by atoms with Crippen LogP contribution in [0.2, 0.25) is 0 Å². The predicted molar refractivity (Wildman–Crippen MR) is 112 cm³/mol. The second-order valence-corrected chi connectivity index (χ2v) is 7.04. The molecular weight excluding hydrogens is 369 g/mol. The highest BCUT2D eigenvalue weighted by Gasteiger charge is 2.16. The van der Waals surface area contributed by atoms with Crippen LogP contribution in [0, 0.1) is 12.7 Å². The second kappa shape index (κ2) is 8.65. The van der Waals surface area contributed by atoms with E-state index in [9.17, 15) is 14.0 Å². The number of benzene rings is 2. The normalized spacial score (nSPS) is 10.7. The lowest BCUT2D eigenvalue weighted by Gasteiger charge is -2.16. The van der Waals surface area contributed by atoms with E-state index in [0.29, 0.717) is 11.3 Å². The van der Waals surface area contributed by atoms with Crippen LogP contribution in [0.25, 0.3) is 0 Å². The first-order valence-corrected chi connectivity index (χ1v) is 9.29. The summed E-state index contributed by atoms with van der Waals surface area (Å²) in [5, 5.41) is 5.59. The van der Waals surface area contributed by atoms with Gasteiger partial charge in [-0.05, 0) is 60.4 Å². The van der Waals surface area contributed by atoms with Gasteiger partial charge in [0.05, 0.1) is 0 Å². The minimum atomic E-state index is -0.481. The maximum Gasteiger partial charge on any atom is 0.274 e. The highest BCUT2D eigenvalue weighted by atomic mass is 19.1. The van der Waals surface area contributed by atoms with E-state index in [1.54, 1.807) is 6.07 Å². The number of aromatic nitrogens is 1. The first-order chi connectivity index (χ1) is 13.8. The molecule has 3 aromatic rings. The highest BCUT2D eigenvalue weighted by Crippen LogP contribution is 2.27. The van der Waals surface area contributed by atoms with Crippen LogP contribution in [0.15, 0.2) is 60.8 Å². The van der Waals surface area contributed by atoms with Crippen LogP contribution in [0.3, 0.4) is 0 Å². The summed E-state index contributed by atoms with van der Waals surface area (Å²) in [6.07, 6.45) is 1.41. The van der Waals surface area contributed by atoms with Crippen molar-refractivity contribution in [2.45, 2.75) is 26.7 Å². The van der Waals surface area contributed by atoms with Crippen molar-refractivity contribution >= 4 is 23.2 Å². The molecule has 1 aromatic heterocycles. The Kier molecular flexibility index (Phi) is 6.02. The molecule has 0 aliphatic rings. The maximum atomic E-state index is 13.0. The minimum Gasteiger partial charge on any atom is -0.321 e. The van der Waals surface area contributed by atoms with Crippen LogP contribution in [0.4, 0.5) is 15.8 Å². The Labute approximate surface area is 169 Å². The van der Waals surface area contributed by atoms with Crippen LogP contribution < -0.4 is 10.6 Å². The molecule has 29 heavy (non-hydrogen) atoms. The number of aryl methyl sites for hydroxylation is 1. The average molecular weight is 391 g/mol. The van der Waals surface area contributed by atoms with Crippen LogP contribution in [-0.2, 0) is 0 Å². The Morgan fingerprint density at radius 3 is 2.38 bits per heavy atom. The molecule has 0 bridgehead atoms. The van der Waals surface area contributed by atoms with Gasteiger partial charge >= 0.3 is 0 Å². The summed E-state index contributed by atoms with van der Waals surface area (Å²) in [6.45, 7) is 6.07. The number of para-hydroxylation sites is 1.